The van der Waals surface area contributed by atoms with Crippen LogP contribution in [0.1, 0.15) is 12.5 Å². The van der Waals surface area contributed by atoms with Gasteiger partial charge in [0.1, 0.15) is 4.90 Å². The maximum absolute atomic E-state index is 12.7. The van der Waals surface area contributed by atoms with E-state index in [1.807, 2.05) is 19.1 Å². The van der Waals surface area contributed by atoms with Gasteiger partial charge in [0.25, 0.3) is 10.0 Å². The van der Waals surface area contributed by atoms with Crippen LogP contribution in [0.2, 0.25) is 5.02 Å². The van der Waals surface area contributed by atoms with Gasteiger partial charge in [-0.25, -0.2) is 8.42 Å². The molecule has 1 N–H and O–H groups in total. The third-order valence-electron chi connectivity index (χ3n) is 3.57. The molecule has 0 radical (unpaired) electrons. The molecule has 1 heterocycles. The van der Waals surface area contributed by atoms with Crippen molar-refractivity contribution < 1.29 is 8.42 Å². The highest BCUT2D eigenvalue weighted by Gasteiger charge is 2.18. The lowest BCUT2D eigenvalue weighted by Gasteiger charge is -2.11. The number of anilines is 1. The molecule has 122 valence electrons. The summed E-state index contributed by atoms with van der Waals surface area (Å²) in [6.45, 7) is 5.68. The van der Waals surface area contributed by atoms with Crippen LogP contribution in [0.4, 0.5) is 5.69 Å². The highest BCUT2D eigenvalue weighted by molar-refractivity contribution is 7.93. The van der Waals surface area contributed by atoms with Crippen molar-refractivity contribution in [3.63, 3.8) is 0 Å². The molecule has 6 heteroatoms. The molecule has 0 bridgehead atoms. The first-order valence-corrected chi connectivity index (χ1v) is 9.06. The fourth-order valence-corrected chi connectivity index (χ4v) is 4.00. The van der Waals surface area contributed by atoms with E-state index in [2.05, 4.69) is 16.3 Å². The van der Waals surface area contributed by atoms with Crippen LogP contribution in [0.25, 0.3) is 16.5 Å². The fraction of sp³-hybridized carbons (Fsp3) is 0.0556. The van der Waals surface area contributed by atoms with Gasteiger partial charge in [-0.15, -0.1) is 0 Å². The molecular formula is C18H15ClN2O2S. The summed E-state index contributed by atoms with van der Waals surface area (Å²) < 4.78 is 28.0. The van der Waals surface area contributed by atoms with Crippen LogP contribution >= 0.6 is 11.6 Å². The molecule has 0 atom stereocenters. The Balaban J connectivity index is 2.02. The highest BCUT2D eigenvalue weighted by Crippen LogP contribution is 2.28. The molecule has 3 aromatic rings. The molecular weight excluding hydrogens is 344 g/mol. The number of allylic oxidation sites excluding steroid dienone is 1. The monoisotopic (exact) mass is 358 g/mol. The van der Waals surface area contributed by atoms with Crippen LogP contribution in [0, 0.1) is 0 Å². The number of rotatable bonds is 4. The molecule has 3 rings (SSSR count). The zero-order valence-corrected chi connectivity index (χ0v) is 14.5. The summed E-state index contributed by atoms with van der Waals surface area (Å²) in [5, 5.41) is 1.20. The minimum atomic E-state index is -3.78. The molecule has 0 amide bonds. The molecule has 0 aliphatic carbocycles. The first-order chi connectivity index (χ1) is 11.4. The van der Waals surface area contributed by atoms with Crippen LogP contribution in [0.3, 0.4) is 0 Å². The Bertz CT molecular complexity index is 1040. The molecule has 0 unspecified atom stereocenters. The van der Waals surface area contributed by atoms with Crippen molar-refractivity contribution >= 4 is 43.8 Å². The molecule has 0 saturated carbocycles. The Hall–Kier alpha value is -2.37. The number of para-hydroxylation sites is 1. The van der Waals surface area contributed by atoms with Gasteiger partial charge in [0, 0.05) is 11.6 Å². The molecule has 4 nitrogen and oxygen atoms in total. The predicted octanol–water partition coefficient (Wildman–Crippen LogP) is 4.72. The molecule has 24 heavy (non-hydrogen) atoms. The number of sulfonamides is 1. The summed E-state index contributed by atoms with van der Waals surface area (Å²) in [5.41, 5.74) is 2.41. The Labute approximate surface area is 145 Å². The molecule has 0 fully saturated rings. The van der Waals surface area contributed by atoms with Gasteiger partial charge in [-0.2, -0.15) is 0 Å². The third-order valence-corrected chi connectivity index (χ3v) is 5.29. The number of nitrogens with zero attached hydrogens (tertiary/aromatic N) is 1. The summed E-state index contributed by atoms with van der Waals surface area (Å²) >= 11 is 6.19. The topological polar surface area (TPSA) is 59.1 Å². The van der Waals surface area contributed by atoms with Gasteiger partial charge in [-0.1, -0.05) is 42.4 Å². The van der Waals surface area contributed by atoms with Gasteiger partial charge < -0.3 is 0 Å². The molecule has 1 aromatic heterocycles. The smallest absolute Gasteiger partial charge is 0.264 e. The Kier molecular flexibility index (Phi) is 4.30. The van der Waals surface area contributed by atoms with Crippen molar-refractivity contribution in [2.45, 2.75) is 11.8 Å². The number of nitrogens with one attached hydrogen (secondary N) is 1. The van der Waals surface area contributed by atoms with Crippen molar-refractivity contribution in [3.8, 4) is 0 Å². The number of fused-ring (bicyclic) bond motifs is 1. The number of aromatic nitrogens is 1. The van der Waals surface area contributed by atoms with Gasteiger partial charge in [0.2, 0.25) is 0 Å². The average molecular weight is 359 g/mol. The number of pyridine rings is 1. The lowest BCUT2D eigenvalue weighted by atomic mass is 10.1. The van der Waals surface area contributed by atoms with Gasteiger partial charge in [0.15, 0.2) is 0 Å². The summed E-state index contributed by atoms with van der Waals surface area (Å²) in [7, 11) is -3.78. The van der Waals surface area contributed by atoms with E-state index in [1.54, 1.807) is 36.5 Å². The van der Waals surface area contributed by atoms with Crippen LogP contribution in [0.5, 0.6) is 0 Å². The highest BCUT2D eigenvalue weighted by atomic mass is 35.5. The molecule has 0 spiro atoms. The third kappa shape index (κ3) is 3.13. The van der Waals surface area contributed by atoms with E-state index < -0.39 is 10.0 Å². The lowest BCUT2D eigenvalue weighted by molar-refractivity contribution is 0.602. The second-order valence-electron chi connectivity index (χ2n) is 5.41. The van der Waals surface area contributed by atoms with Crippen molar-refractivity contribution in [3.05, 3.63) is 71.9 Å². The van der Waals surface area contributed by atoms with Crippen LogP contribution in [0.15, 0.2) is 66.2 Å². The molecule has 0 aliphatic heterocycles. The van der Waals surface area contributed by atoms with E-state index in [9.17, 15) is 8.42 Å². The van der Waals surface area contributed by atoms with Crippen molar-refractivity contribution in [1.29, 1.82) is 0 Å². The second-order valence-corrected chi connectivity index (χ2v) is 7.47. The van der Waals surface area contributed by atoms with Crippen LogP contribution < -0.4 is 4.72 Å². The normalized spacial score (nSPS) is 11.4. The second kappa shape index (κ2) is 6.26. The maximum Gasteiger partial charge on any atom is 0.264 e. The quantitative estimate of drug-likeness (QED) is 0.734. The standard InChI is InChI=1S/C18H15ClN2O2S/c1-12(2)15-9-8-14(11-16(15)19)21-24(22,23)17-7-3-5-13-6-4-10-20-18(13)17/h3-11,21H,1H2,2H3. The van der Waals surface area contributed by atoms with Crippen LogP contribution in [-0.2, 0) is 10.0 Å². The van der Waals surface area contributed by atoms with Gasteiger partial charge in [0.05, 0.1) is 16.2 Å². The zero-order chi connectivity index (χ0) is 17.3. The maximum atomic E-state index is 12.7. The minimum Gasteiger partial charge on any atom is -0.280 e. The van der Waals surface area contributed by atoms with Crippen molar-refractivity contribution in [2.75, 3.05) is 4.72 Å². The number of halogens is 1. The van der Waals surface area contributed by atoms with E-state index in [0.29, 0.717) is 16.2 Å². The Morgan fingerprint density at radius 3 is 2.62 bits per heavy atom. The van der Waals surface area contributed by atoms with E-state index in [-0.39, 0.29) is 4.90 Å². The summed E-state index contributed by atoms with van der Waals surface area (Å²) in [6.07, 6.45) is 1.57. The zero-order valence-electron chi connectivity index (χ0n) is 13.0. The molecule has 2 aromatic carbocycles. The van der Waals surface area contributed by atoms with Crippen LogP contribution in [-0.4, -0.2) is 13.4 Å². The van der Waals surface area contributed by atoms with Crippen molar-refractivity contribution in [2.24, 2.45) is 0 Å². The number of hydrogen-bond donors (Lipinski definition) is 1. The minimum absolute atomic E-state index is 0.126. The first kappa shape index (κ1) is 16.5. The summed E-state index contributed by atoms with van der Waals surface area (Å²) in [5.74, 6) is 0. The van der Waals surface area contributed by atoms with E-state index in [4.69, 9.17) is 11.6 Å². The lowest BCUT2D eigenvalue weighted by Crippen LogP contribution is -2.13. The van der Waals surface area contributed by atoms with Gasteiger partial charge in [-0.3, -0.25) is 9.71 Å². The summed E-state index contributed by atoms with van der Waals surface area (Å²) in [6, 6.07) is 13.6. The predicted molar refractivity (Wildman–Crippen MR) is 98.7 cm³/mol. The molecule has 0 aliphatic rings. The average Bonchev–Trinajstić information content (AvgIpc) is 2.53. The van der Waals surface area contributed by atoms with E-state index in [0.717, 1.165) is 16.5 Å². The van der Waals surface area contributed by atoms with E-state index >= 15 is 0 Å². The molecule has 0 saturated heterocycles. The number of benzene rings is 2. The van der Waals surface area contributed by atoms with Gasteiger partial charge in [-0.05, 0) is 42.3 Å². The SMILES string of the molecule is C=C(C)c1ccc(NS(=O)(=O)c2cccc3cccnc23)cc1Cl. The Morgan fingerprint density at radius 1 is 1.17 bits per heavy atom. The Morgan fingerprint density at radius 2 is 1.92 bits per heavy atom. The van der Waals surface area contributed by atoms with Gasteiger partial charge >= 0.3 is 0 Å². The number of hydrogen-bond acceptors (Lipinski definition) is 3. The largest absolute Gasteiger partial charge is 0.280 e. The summed E-state index contributed by atoms with van der Waals surface area (Å²) in [4.78, 5) is 4.31. The first-order valence-electron chi connectivity index (χ1n) is 7.20. The van der Waals surface area contributed by atoms with E-state index in [1.165, 1.54) is 6.07 Å². The van der Waals surface area contributed by atoms with Crippen molar-refractivity contribution in [1.82, 2.24) is 4.98 Å². The fourth-order valence-electron chi connectivity index (χ4n) is 2.43.